The van der Waals surface area contributed by atoms with Crippen LogP contribution in [0.2, 0.25) is 18.1 Å². The van der Waals surface area contributed by atoms with Gasteiger partial charge in [-0.1, -0.05) is 20.8 Å². The molecule has 0 saturated heterocycles. The molecule has 0 amide bonds. The average Bonchev–Trinajstić information content (AvgIpc) is 2.32. The van der Waals surface area contributed by atoms with Crippen molar-refractivity contribution in [3.63, 3.8) is 0 Å². The van der Waals surface area contributed by atoms with E-state index in [1.165, 1.54) is 0 Å². The highest BCUT2D eigenvalue weighted by Gasteiger charge is 2.31. The summed E-state index contributed by atoms with van der Waals surface area (Å²) in [5.74, 6) is 0.985. The fourth-order valence-corrected chi connectivity index (χ4v) is 4.48. The first-order valence-corrected chi connectivity index (χ1v) is 8.67. The van der Waals surface area contributed by atoms with Crippen molar-refractivity contribution in [3.05, 3.63) is 23.7 Å². The van der Waals surface area contributed by atoms with Gasteiger partial charge >= 0.3 is 0 Å². The van der Waals surface area contributed by atoms with Crippen LogP contribution < -0.4 is 0 Å². The Hall–Kier alpha value is -0.703. The van der Waals surface area contributed by atoms with E-state index >= 15 is 0 Å². The maximum atomic E-state index is 6.30. The van der Waals surface area contributed by atoms with Crippen LogP contribution in [0, 0.1) is 0 Å². The predicted octanol–water partition coefficient (Wildman–Crippen LogP) is 4.46. The van der Waals surface area contributed by atoms with Crippen molar-refractivity contribution in [2.24, 2.45) is 0 Å². The first kappa shape index (κ1) is 15.3. The zero-order valence-electron chi connectivity index (χ0n) is 11.6. The van der Waals surface area contributed by atoms with E-state index in [2.05, 4.69) is 20.8 Å². The number of methoxy groups -OCH3 is 1. The molecule has 16 heavy (non-hydrogen) atoms. The first-order chi connectivity index (χ1) is 7.59. The van der Waals surface area contributed by atoms with Crippen molar-refractivity contribution in [2.75, 3.05) is 7.11 Å². The molecule has 0 N–H and O–H groups in total. The molecule has 3 heteroatoms. The minimum Gasteiger partial charge on any atom is -0.543 e. The lowest BCUT2D eigenvalue weighted by molar-refractivity contribution is 0.328. The maximum Gasteiger partial charge on any atom is 0.250 e. The van der Waals surface area contributed by atoms with Gasteiger partial charge in [0.15, 0.2) is 0 Å². The van der Waals surface area contributed by atoms with Crippen LogP contribution in [0.1, 0.15) is 34.6 Å². The molecule has 0 rings (SSSR count). The average molecular weight is 242 g/mol. The van der Waals surface area contributed by atoms with Gasteiger partial charge in [-0.15, -0.1) is 0 Å². The molecule has 94 valence electrons. The molecular weight excluding hydrogens is 216 g/mol. The number of allylic oxidation sites excluding steroid dienone is 2. The van der Waals surface area contributed by atoms with Gasteiger partial charge in [-0.3, -0.25) is 0 Å². The Balaban J connectivity index is 4.84. The Morgan fingerprint density at radius 1 is 1.12 bits per heavy atom. The molecule has 0 radical (unpaired) electrons. The van der Waals surface area contributed by atoms with Crippen LogP contribution in [-0.2, 0) is 9.16 Å². The molecule has 0 aliphatic carbocycles. The van der Waals surface area contributed by atoms with Gasteiger partial charge in [0.1, 0.15) is 5.76 Å². The van der Waals surface area contributed by atoms with Crippen LogP contribution in [0.4, 0.5) is 0 Å². The largest absolute Gasteiger partial charge is 0.543 e. The molecular formula is C13H26O2Si. The lowest BCUT2D eigenvalue weighted by Crippen LogP contribution is -2.35. The third kappa shape index (κ3) is 4.04. The summed E-state index contributed by atoms with van der Waals surface area (Å²) in [6, 6.07) is 3.49. The molecule has 0 aromatic heterocycles. The summed E-state index contributed by atoms with van der Waals surface area (Å²) in [5, 5.41) is 0. The second-order valence-electron chi connectivity index (χ2n) is 4.04. The summed E-state index contributed by atoms with van der Waals surface area (Å²) < 4.78 is 11.3. The Morgan fingerprint density at radius 3 is 1.94 bits per heavy atom. The third-order valence-corrected chi connectivity index (χ3v) is 7.72. The van der Waals surface area contributed by atoms with Crippen LogP contribution in [0.3, 0.4) is 0 Å². The van der Waals surface area contributed by atoms with Gasteiger partial charge in [-0.2, -0.15) is 0 Å². The minimum atomic E-state index is -1.56. The monoisotopic (exact) mass is 242 g/mol. The van der Waals surface area contributed by atoms with E-state index in [-0.39, 0.29) is 0 Å². The van der Waals surface area contributed by atoms with E-state index in [9.17, 15) is 0 Å². The molecule has 0 aliphatic heterocycles. The van der Waals surface area contributed by atoms with E-state index in [1.807, 2.05) is 19.9 Å². The van der Waals surface area contributed by atoms with Crippen molar-refractivity contribution < 1.29 is 9.16 Å². The second kappa shape index (κ2) is 7.55. The van der Waals surface area contributed by atoms with E-state index in [4.69, 9.17) is 9.16 Å². The van der Waals surface area contributed by atoms with Crippen molar-refractivity contribution in [2.45, 2.75) is 52.8 Å². The highest BCUT2D eigenvalue weighted by Crippen LogP contribution is 2.27. The number of hydrogen-bond acceptors (Lipinski definition) is 2. The smallest absolute Gasteiger partial charge is 0.250 e. The first-order valence-electron chi connectivity index (χ1n) is 6.14. The van der Waals surface area contributed by atoms with Crippen molar-refractivity contribution in [1.82, 2.24) is 0 Å². The van der Waals surface area contributed by atoms with Crippen molar-refractivity contribution >= 4 is 8.32 Å². The molecule has 0 fully saturated rings. The topological polar surface area (TPSA) is 18.5 Å². The van der Waals surface area contributed by atoms with Crippen molar-refractivity contribution in [1.29, 1.82) is 0 Å². The number of hydrogen-bond donors (Lipinski definition) is 0. The lowest BCUT2D eigenvalue weighted by Gasteiger charge is -2.30. The predicted molar refractivity (Wildman–Crippen MR) is 72.8 cm³/mol. The molecule has 0 atom stereocenters. The fraction of sp³-hybridized carbons (Fsp3) is 0.692. The quantitative estimate of drug-likeness (QED) is 0.373. The summed E-state index contributed by atoms with van der Waals surface area (Å²) in [4.78, 5) is 0. The van der Waals surface area contributed by atoms with E-state index in [0.717, 1.165) is 29.5 Å². The summed E-state index contributed by atoms with van der Waals surface area (Å²) >= 11 is 0. The zero-order chi connectivity index (χ0) is 12.6. The Kier molecular flexibility index (Phi) is 7.22. The Labute approximate surface area is 101 Å². The molecule has 2 nitrogen and oxygen atoms in total. The standard InChI is InChI=1S/C13H26O2Si/c1-7-13(12(5)11-14-6)15-16(8-2,9-3)10-4/h7,11H,8-10H2,1-6H3/b12-11+,13-7-. The van der Waals surface area contributed by atoms with Crippen LogP contribution in [0.5, 0.6) is 0 Å². The zero-order valence-corrected chi connectivity index (χ0v) is 12.6. The van der Waals surface area contributed by atoms with E-state index < -0.39 is 8.32 Å². The molecule has 0 aromatic rings. The van der Waals surface area contributed by atoms with E-state index in [0.29, 0.717) is 0 Å². The van der Waals surface area contributed by atoms with E-state index in [1.54, 1.807) is 13.4 Å². The second-order valence-corrected chi connectivity index (χ2v) is 8.73. The van der Waals surface area contributed by atoms with Crippen LogP contribution in [0.15, 0.2) is 23.7 Å². The minimum absolute atomic E-state index is 0.985. The molecule has 0 bridgehead atoms. The molecule has 0 heterocycles. The molecule has 0 aromatic carbocycles. The molecule has 0 saturated carbocycles. The Morgan fingerprint density at radius 2 is 1.62 bits per heavy atom. The fourth-order valence-electron chi connectivity index (χ4n) is 1.80. The normalized spacial score (nSPS) is 13.9. The number of ether oxygens (including phenoxy) is 1. The van der Waals surface area contributed by atoms with Crippen LogP contribution >= 0.6 is 0 Å². The van der Waals surface area contributed by atoms with Gasteiger partial charge in [0.05, 0.1) is 13.4 Å². The summed E-state index contributed by atoms with van der Waals surface area (Å²) in [7, 11) is 0.110. The summed E-state index contributed by atoms with van der Waals surface area (Å²) in [6.07, 6.45) is 3.78. The van der Waals surface area contributed by atoms with Gasteiger partial charge in [0.2, 0.25) is 8.32 Å². The SMILES string of the molecule is C/C=C(O[Si](CC)(CC)CC)/C(C)=C/OC. The maximum absolute atomic E-state index is 6.30. The van der Waals surface area contributed by atoms with Gasteiger partial charge in [-0.05, 0) is 38.1 Å². The molecule has 0 aliphatic rings. The van der Waals surface area contributed by atoms with Gasteiger partial charge in [0.25, 0.3) is 0 Å². The summed E-state index contributed by atoms with van der Waals surface area (Å²) in [6.45, 7) is 10.8. The Bertz CT molecular complexity index is 244. The third-order valence-electron chi connectivity index (χ3n) is 3.20. The molecule has 0 unspecified atom stereocenters. The number of rotatable bonds is 7. The van der Waals surface area contributed by atoms with Crippen molar-refractivity contribution in [3.8, 4) is 0 Å². The lowest BCUT2D eigenvalue weighted by atomic mass is 10.3. The summed E-state index contributed by atoms with van der Waals surface area (Å²) in [5.41, 5.74) is 1.07. The molecule has 0 spiro atoms. The highest BCUT2D eigenvalue weighted by molar-refractivity contribution is 6.73. The van der Waals surface area contributed by atoms with Gasteiger partial charge in [0, 0.05) is 5.57 Å². The highest BCUT2D eigenvalue weighted by atomic mass is 28.4. The van der Waals surface area contributed by atoms with Crippen LogP contribution in [0.25, 0.3) is 0 Å². The van der Waals surface area contributed by atoms with Gasteiger partial charge < -0.3 is 9.16 Å². The van der Waals surface area contributed by atoms with Gasteiger partial charge in [-0.25, -0.2) is 0 Å². The van der Waals surface area contributed by atoms with Crippen LogP contribution in [-0.4, -0.2) is 15.4 Å².